The van der Waals surface area contributed by atoms with Crippen LogP contribution in [0.2, 0.25) is 0 Å². The molecule has 3 N–H and O–H groups in total. The molecule has 0 aromatic rings. The van der Waals surface area contributed by atoms with Crippen LogP contribution in [0.4, 0.5) is 0 Å². The van der Waals surface area contributed by atoms with Crippen molar-refractivity contribution in [2.45, 2.75) is 31.8 Å². The van der Waals surface area contributed by atoms with E-state index < -0.39 is 0 Å². The van der Waals surface area contributed by atoms with E-state index in [1.807, 2.05) is 0 Å². The van der Waals surface area contributed by atoms with E-state index in [9.17, 15) is 0 Å². The SMILES string of the molecule is NC1NOC2=C1CCCC2. The van der Waals surface area contributed by atoms with E-state index in [0.717, 1.165) is 18.6 Å². The number of hydrogen-bond donors (Lipinski definition) is 2. The first-order chi connectivity index (χ1) is 4.88. The summed E-state index contributed by atoms with van der Waals surface area (Å²) in [6.45, 7) is 0. The molecule has 0 saturated heterocycles. The molecule has 3 nitrogen and oxygen atoms in total. The van der Waals surface area contributed by atoms with Gasteiger partial charge in [0.25, 0.3) is 0 Å². The van der Waals surface area contributed by atoms with Gasteiger partial charge in [-0.2, -0.15) is 0 Å². The van der Waals surface area contributed by atoms with Gasteiger partial charge in [0, 0.05) is 12.0 Å². The first kappa shape index (κ1) is 6.19. The van der Waals surface area contributed by atoms with E-state index in [0.29, 0.717) is 0 Å². The summed E-state index contributed by atoms with van der Waals surface area (Å²) in [5.74, 6) is 1.10. The van der Waals surface area contributed by atoms with Gasteiger partial charge in [-0.3, -0.25) is 0 Å². The summed E-state index contributed by atoms with van der Waals surface area (Å²) in [6, 6.07) is 0. The number of allylic oxidation sites excluding steroid dienone is 1. The van der Waals surface area contributed by atoms with Crippen LogP contribution in [0.15, 0.2) is 11.3 Å². The molecule has 0 amide bonds. The lowest BCUT2D eigenvalue weighted by atomic mass is 9.97. The van der Waals surface area contributed by atoms with Gasteiger partial charge < -0.3 is 10.6 Å². The molecule has 0 bridgehead atoms. The Balaban J connectivity index is 2.20. The van der Waals surface area contributed by atoms with Crippen LogP contribution >= 0.6 is 0 Å². The second-order valence-electron chi connectivity index (χ2n) is 2.85. The third-order valence-corrected chi connectivity index (χ3v) is 2.14. The van der Waals surface area contributed by atoms with Crippen LogP contribution in [0.25, 0.3) is 0 Å². The highest BCUT2D eigenvalue weighted by Crippen LogP contribution is 2.29. The van der Waals surface area contributed by atoms with Gasteiger partial charge in [-0.25, -0.2) is 0 Å². The highest BCUT2D eigenvalue weighted by atomic mass is 16.7. The van der Waals surface area contributed by atoms with Crippen LogP contribution in [-0.4, -0.2) is 6.17 Å². The fourth-order valence-electron chi connectivity index (χ4n) is 1.55. The van der Waals surface area contributed by atoms with Crippen molar-refractivity contribution in [3.63, 3.8) is 0 Å². The Hall–Kier alpha value is -0.540. The highest BCUT2D eigenvalue weighted by molar-refractivity contribution is 5.19. The molecule has 10 heavy (non-hydrogen) atoms. The zero-order valence-electron chi connectivity index (χ0n) is 5.89. The number of nitrogens with two attached hydrogens (primary N) is 1. The average Bonchev–Trinajstić information content (AvgIpc) is 2.34. The molecule has 0 aromatic carbocycles. The van der Waals surface area contributed by atoms with Gasteiger partial charge in [0.1, 0.15) is 11.9 Å². The molecule has 0 saturated carbocycles. The first-order valence-corrected chi connectivity index (χ1v) is 3.78. The Labute approximate surface area is 60.2 Å². The molecule has 0 aromatic heterocycles. The minimum Gasteiger partial charge on any atom is -0.411 e. The zero-order valence-corrected chi connectivity index (χ0v) is 5.89. The molecular weight excluding hydrogens is 128 g/mol. The summed E-state index contributed by atoms with van der Waals surface area (Å²) < 4.78 is 0. The van der Waals surface area contributed by atoms with Crippen LogP contribution in [0.5, 0.6) is 0 Å². The molecule has 0 spiro atoms. The van der Waals surface area contributed by atoms with Gasteiger partial charge in [0.15, 0.2) is 0 Å². The second-order valence-corrected chi connectivity index (χ2v) is 2.85. The fourth-order valence-corrected chi connectivity index (χ4v) is 1.55. The monoisotopic (exact) mass is 140 g/mol. The van der Waals surface area contributed by atoms with Gasteiger partial charge in [-0.05, 0) is 19.3 Å². The number of nitrogens with one attached hydrogen (secondary N) is 1. The molecule has 1 aliphatic heterocycles. The summed E-state index contributed by atoms with van der Waals surface area (Å²) >= 11 is 0. The van der Waals surface area contributed by atoms with Crippen LogP contribution in [0, 0.1) is 0 Å². The van der Waals surface area contributed by atoms with E-state index in [1.54, 1.807) is 0 Å². The predicted molar refractivity (Wildman–Crippen MR) is 37.7 cm³/mol. The minimum absolute atomic E-state index is 0.0321. The van der Waals surface area contributed by atoms with Crippen molar-refractivity contribution < 1.29 is 4.84 Å². The maximum atomic E-state index is 5.70. The van der Waals surface area contributed by atoms with E-state index in [1.165, 1.54) is 18.4 Å². The van der Waals surface area contributed by atoms with Crippen molar-refractivity contribution in [1.29, 1.82) is 0 Å². The predicted octanol–water partition coefficient (Wildman–Crippen LogP) is 0.634. The van der Waals surface area contributed by atoms with Crippen molar-refractivity contribution in [3.05, 3.63) is 11.3 Å². The molecule has 56 valence electrons. The van der Waals surface area contributed by atoms with E-state index in [-0.39, 0.29) is 6.17 Å². The number of hydroxylamine groups is 1. The van der Waals surface area contributed by atoms with Crippen LogP contribution < -0.4 is 11.2 Å². The lowest BCUT2D eigenvalue weighted by molar-refractivity contribution is 0.111. The molecule has 1 heterocycles. The number of rotatable bonds is 0. The normalized spacial score (nSPS) is 31.9. The van der Waals surface area contributed by atoms with Crippen molar-refractivity contribution in [1.82, 2.24) is 5.48 Å². The van der Waals surface area contributed by atoms with E-state index >= 15 is 0 Å². The summed E-state index contributed by atoms with van der Waals surface area (Å²) in [5.41, 5.74) is 9.74. The summed E-state index contributed by atoms with van der Waals surface area (Å²) in [6.07, 6.45) is 4.65. The third kappa shape index (κ3) is 0.822. The Bertz CT molecular complexity index is 176. The van der Waals surface area contributed by atoms with E-state index in [2.05, 4.69) is 5.48 Å². The summed E-state index contributed by atoms with van der Waals surface area (Å²) in [4.78, 5) is 5.17. The van der Waals surface area contributed by atoms with Crippen molar-refractivity contribution in [2.24, 2.45) is 5.73 Å². The van der Waals surface area contributed by atoms with Gasteiger partial charge in [-0.1, -0.05) is 0 Å². The maximum Gasteiger partial charge on any atom is 0.126 e. The zero-order chi connectivity index (χ0) is 6.97. The fraction of sp³-hybridized carbons (Fsp3) is 0.714. The standard InChI is InChI=1S/C7H12N2O/c8-7-5-3-1-2-4-6(5)10-9-7/h7,9H,1-4,8H2. The Kier molecular flexibility index (Phi) is 1.39. The average molecular weight is 140 g/mol. The maximum absolute atomic E-state index is 5.70. The lowest BCUT2D eigenvalue weighted by Crippen LogP contribution is -2.33. The molecule has 2 rings (SSSR count). The topological polar surface area (TPSA) is 47.3 Å². The highest BCUT2D eigenvalue weighted by Gasteiger charge is 2.25. The van der Waals surface area contributed by atoms with Crippen LogP contribution in [0.1, 0.15) is 25.7 Å². The lowest BCUT2D eigenvalue weighted by Gasteiger charge is -2.11. The molecule has 1 unspecified atom stereocenters. The van der Waals surface area contributed by atoms with E-state index in [4.69, 9.17) is 10.6 Å². The van der Waals surface area contributed by atoms with Gasteiger partial charge >= 0.3 is 0 Å². The third-order valence-electron chi connectivity index (χ3n) is 2.14. The van der Waals surface area contributed by atoms with Crippen LogP contribution in [-0.2, 0) is 4.84 Å². The largest absolute Gasteiger partial charge is 0.411 e. The molecular formula is C7H12N2O. The van der Waals surface area contributed by atoms with Crippen molar-refractivity contribution >= 4 is 0 Å². The smallest absolute Gasteiger partial charge is 0.126 e. The summed E-state index contributed by atoms with van der Waals surface area (Å²) in [5, 5.41) is 0. The summed E-state index contributed by atoms with van der Waals surface area (Å²) in [7, 11) is 0. The quantitative estimate of drug-likeness (QED) is 0.519. The Morgan fingerprint density at radius 3 is 3.00 bits per heavy atom. The van der Waals surface area contributed by atoms with Gasteiger partial charge in [-0.15, -0.1) is 5.48 Å². The first-order valence-electron chi connectivity index (χ1n) is 3.78. The molecule has 1 aliphatic carbocycles. The molecule has 0 fully saturated rings. The molecule has 1 atom stereocenters. The second kappa shape index (κ2) is 2.25. The Morgan fingerprint density at radius 2 is 2.20 bits per heavy atom. The van der Waals surface area contributed by atoms with Crippen LogP contribution in [0.3, 0.4) is 0 Å². The molecule has 3 heteroatoms. The molecule has 0 radical (unpaired) electrons. The Morgan fingerprint density at radius 1 is 1.40 bits per heavy atom. The number of hydrogen-bond acceptors (Lipinski definition) is 3. The van der Waals surface area contributed by atoms with Crippen molar-refractivity contribution in [3.8, 4) is 0 Å². The van der Waals surface area contributed by atoms with Gasteiger partial charge in [0.2, 0.25) is 0 Å². The minimum atomic E-state index is -0.0321. The molecule has 2 aliphatic rings. The van der Waals surface area contributed by atoms with Crippen molar-refractivity contribution in [2.75, 3.05) is 0 Å². The van der Waals surface area contributed by atoms with Gasteiger partial charge in [0.05, 0.1) is 0 Å².